The topological polar surface area (TPSA) is 21.3 Å². The molecular weight excluding hydrogens is 265 g/mol. The Labute approximate surface area is 97.7 Å². The summed E-state index contributed by atoms with van der Waals surface area (Å²) in [5.74, 6) is 0.781. The van der Waals surface area contributed by atoms with E-state index in [1.54, 1.807) is 13.2 Å². The molecule has 4 heteroatoms. The highest BCUT2D eigenvalue weighted by atomic mass is 79.9. The van der Waals surface area contributed by atoms with Gasteiger partial charge in [0.25, 0.3) is 0 Å². The highest BCUT2D eigenvalue weighted by Crippen LogP contribution is 2.32. The molecule has 0 unspecified atom stereocenters. The molecule has 2 nitrogen and oxygen atoms in total. The van der Waals surface area contributed by atoms with Crippen LogP contribution in [0.3, 0.4) is 0 Å². The van der Waals surface area contributed by atoms with Crippen LogP contribution in [-0.2, 0) is 6.42 Å². The molecule has 0 aromatic heterocycles. The Morgan fingerprint density at radius 2 is 2.21 bits per heavy atom. The average molecular weight is 279 g/mol. The van der Waals surface area contributed by atoms with Gasteiger partial charge in [-0.05, 0) is 53.6 Å². The molecule has 78 valence electrons. The van der Waals surface area contributed by atoms with Crippen molar-refractivity contribution >= 4 is 27.5 Å². The number of hydrogen-bond donors (Lipinski definition) is 1. The Morgan fingerprint density at radius 3 is 2.79 bits per heavy atom. The summed E-state index contributed by atoms with van der Waals surface area (Å²) in [6, 6.07) is 3.75. The lowest BCUT2D eigenvalue weighted by atomic mass is 10.1. The first-order valence-electron chi connectivity index (χ1n) is 4.35. The normalized spacial score (nSPS) is 10.3. The third kappa shape index (κ3) is 2.87. The highest BCUT2D eigenvalue weighted by Gasteiger charge is 2.07. The Kier molecular flexibility index (Phi) is 4.72. The number of ether oxygens (including phenoxy) is 1. The van der Waals surface area contributed by atoms with Crippen molar-refractivity contribution in [3.8, 4) is 5.75 Å². The minimum absolute atomic E-state index is 0.705. The molecule has 1 rings (SSSR count). The summed E-state index contributed by atoms with van der Waals surface area (Å²) in [6.45, 7) is 0.919. The van der Waals surface area contributed by atoms with Crippen LogP contribution in [0.25, 0.3) is 0 Å². The minimum Gasteiger partial charge on any atom is -0.496 e. The molecule has 1 aromatic carbocycles. The maximum absolute atomic E-state index is 5.96. The van der Waals surface area contributed by atoms with Crippen LogP contribution >= 0.6 is 27.5 Å². The van der Waals surface area contributed by atoms with Gasteiger partial charge in [-0.2, -0.15) is 0 Å². The Hall–Kier alpha value is -0.250. The van der Waals surface area contributed by atoms with Crippen molar-refractivity contribution in [1.29, 1.82) is 0 Å². The van der Waals surface area contributed by atoms with Crippen molar-refractivity contribution in [2.75, 3.05) is 20.7 Å². The third-order valence-electron chi connectivity index (χ3n) is 1.94. The molecule has 1 N–H and O–H groups in total. The second-order valence-electron chi connectivity index (χ2n) is 2.93. The van der Waals surface area contributed by atoms with Gasteiger partial charge in [0.15, 0.2) is 0 Å². The van der Waals surface area contributed by atoms with E-state index in [0.29, 0.717) is 5.02 Å². The lowest BCUT2D eigenvalue weighted by Crippen LogP contribution is -2.10. The average Bonchev–Trinajstić information content (AvgIpc) is 2.18. The van der Waals surface area contributed by atoms with Crippen LogP contribution in [-0.4, -0.2) is 20.7 Å². The smallest absolute Gasteiger partial charge is 0.134 e. The van der Waals surface area contributed by atoms with Gasteiger partial charge in [-0.25, -0.2) is 0 Å². The lowest BCUT2D eigenvalue weighted by Gasteiger charge is -2.09. The first-order chi connectivity index (χ1) is 6.69. The standard InChI is InChI=1S/C10H13BrClNO/c1-13-4-3-7-5-8(12)6-9(14-2)10(7)11/h5-6,13H,3-4H2,1-2H3. The van der Waals surface area contributed by atoms with Crippen molar-refractivity contribution in [2.24, 2.45) is 0 Å². The Balaban J connectivity index is 2.96. The molecule has 0 spiro atoms. The van der Waals surface area contributed by atoms with Gasteiger partial charge in [-0.1, -0.05) is 11.6 Å². The summed E-state index contributed by atoms with van der Waals surface area (Å²) < 4.78 is 6.18. The molecule has 0 radical (unpaired) electrons. The fourth-order valence-corrected chi connectivity index (χ4v) is 2.03. The van der Waals surface area contributed by atoms with Crippen molar-refractivity contribution in [1.82, 2.24) is 5.32 Å². The monoisotopic (exact) mass is 277 g/mol. The molecule has 0 aliphatic heterocycles. The van der Waals surface area contributed by atoms with Crippen molar-refractivity contribution in [3.05, 3.63) is 27.2 Å². The molecule has 0 bridgehead atoms. The van der Waals surface area contributed by atoms with E-state index in [1.165, 1.54) is 0 Å². The quantitative estimate of drug-likeness (QED) is 0.914. The van der Waals surface area contributed by atoms with Crippen LogP contribution in [0.5, 0.6) is 5.75 Å². The maximum Gasteiger partial charge on any atom is 0.134 e. The zero-order valence-corrected chi connectivity index (χ0v) is 10.6. The van der Waals surface area contributed by atoms with E-state index in [9.17, 15) is 0 Å². The minimum atomic E-state index is 0.705. The molecule has 0 fully saturated rings. The number of likely N-dealkylation sites (N-methyl/N-ethyl adjacent to an activating group) is 1. The fraction of sp³-hybridized carbons (Fsp3) is 0.400. The SMILES string of the molecule is CNCCc1cc(Cl)cc(OC)c1Br. The van der Waals surface area contributed by atoms with E-state index in [1.807, 2.05) is 13.1 Å². The van der Waals surface area contributed by atoms with Gasteiger partial charge in [0, 0.05) is 5.02 Å². The second-order valence-corrected chi connectivity index (χ2v) is 4.16. The summed E-state index contributed by atoms with van der Waals surface area (Å²) in [6.07, 6.45) is 0.925. The summed E-state index contributed by atoms with van der Waals surface area (Å²) in [5.41, 5.74) is 1.16. The van der Waals surface area contributed by atoms with Gasteiger partial charge in [0.2, 0.25) is 0 Å². The Bertz CT molecular complexity index is 317. The van der Waals surface area contributed by atoms with Gasteiger partial charge in [0.1, 0.15) is 5.75 Å². The van der Waals surface area contributed by atoms with E-state index in [4.69, 9.17) is 16.3 Å². The molecule has 0 aliphatic carbocycles. The number of rotatable bonds is 4. The molecule has 14 heavy (non-hydrogen) atoms. The largest absolute Gasteiger partial charge is 0.496 e. The van der Waals surface area contributed by atoms with E-state index in [2.05, 4.69) is 21.2 Å². The van der Waals surface area contributed by atoms with Gasteiger partial charge >= 0.3 is 0 Å². The van der Waals surface area contributed by atoms with E-state index >= 15 is 0 Å². The second kappa shape index (κ2) is 5.59. The predicted molar refractivity (Wildman–Crippen MR) is 63.3 cm³/mol. The van der Waals surface area contributed by atoms with E-state index in [-0.39, 0.29) is 0 Å². The van der Waals surface area contributed by atoms with Gasteiger partial charge in [0.05, 0.1) is 11.6 Å². The fourth-order valence-electron chi connectivity index (χ4n) is 1.21. The zero-order chi connectivity index (χ0) is 10.6. The first-order valence-corrected chi connectivity index (χ1v) is 5.52. The molecule has 0 saturated heterocycles. The van der Waals surface area contributed by atoms with Gasteiger partial charge in [-0.3, -0.25) is 0 Å². The molecule has 0 aliphatic rings. The molecule has 0 amide bonds. The number of benzene rings is 1. The molecule has 0 atom stereocenters. The summed E-state index contributed by atoms with van der Waals surface area (Å²) in [4.78, 5) is 0. The maximum atomic E-state index is 5.96. The van der Waals surface area contributed by atoms with Crippen LogP contribution in [0.15, 0.2) is 16.6 Å². The van der Waals surface area contributed by atoms with Crippen LogP contribution in [0.1, 0.15) is 5.56 Å². The number of hydrogen-bond acceptors (Lipinski definition) is 2. The van der Waals surface area contributed by atoms with Crippen LogP contribution in [0.2, 0.25) is 5.02 Å². The van der Waals surface area contributed by atoms with Crippen molar-refractivity contribution in [3.63, 3.8) is 0 Å². The molecule has 0 saturated carbocycles. The van der Waals surface area contributed by atoms with Crippen molar-refractivity contribution < 1.29 is 4.74 Å². The lowest BCUT2D eigenvalue weighted by molar-refractivity contribution is 0.411. The first kappa shape index (κ1) is 11.8. The van der Waals surface area contributed by atoms with Gasteiger partial charge in [-0.15, -0.1) is 0 Å². The van der Waals surface area contributed by atoms with Crippen LogP contribution in [0, 0.1) is 0 Å². The summed E-state index contributed by atoms with van der Waals surface area (Å²) in [5, 5.41) is 3.80. The van der Waals surface area contributed by atoms with Crippen LogP contribution < -0.4 is 10.1 Å². The van der Waals surface area contributed by atoms with E-state index < -0.39 is 0 Å². The molecular formula is C10H13BrClNO. The Morgan fingerprint density at radius 1 is 1.50 bits per heavy atom. The van der Waals surface area contributed by atoms with Crippen LogP contribution in [0.4, 0.5) is 0 Å². The third-order valence-corrected chi connectivity index (χ3v) is 3.06. The zero-order valence-electron chi connectivity index (χ0n) is 8.23. The van der Waals surface area contributed by atoms with Gasteiger partial charge < -0.3 is 10.1 Å². The summed E-state index contributed by atoms with van der Waals surface area (Å²) >= 11 is 9.45. The predicted octanol–water partition coefficient (Wildman–Crippen LogP) is 2.87. The molecule has 1 aromatic rings. The number of halogens is 2. The van der Waals surface area contributed by atoms with Crippen molar-refractivity contribution in [2.45, 2.75) is 6.42 Å². The summed E-state index contributed by atoms with van der Waals surface area (Å²) in [7, 11) is 3.56. The highest BCUT2D eigenvalue weighted by molar-refractivity contribution is 9.10. The number of nitrogens with one attached hydrogen (secondary N) is 1. The molecule has 0 heterocycles. The van der Waals surface area contributed by atoms with E-state index in [0.717, 1.165) is 28.8 Å². The number of methoxy groups -OCH3 is 1.